The van der Waals surface area contributed by atoms with Gasteiger partial charge >= 0.3 is 11.9 Å². The van der Waals surface area contributed by atoms with Crippen LogP contribution in [0.3, 0.4) is 0 Å². The van der Waals surface area contributed by atoms with Gasteiger partial charge in [0.1, 0.15) is 10.6 Å². The highest BCUT2D eigenvalue weighted by atomic mass is 127. The van der Waals surface area contributed by atoms with Crippen molar-refractivity contribution in [3.8, 4) is 11.1 Å². The average Bonchev–Trinajstić information content (AvgIpc) is 3.17. The molecule has 0 unspecified atom stereocenters. The van der Waals surface area contributed by atoms with E-state index in [1.807, 2.05) is 30.3 Å². The smallest absolute Gasteiger partial charge is 0.341 e. The van der Waals surface area contributed by atoms with Gasteiger partial charge in [-0.3, -0.25) is 4.79 Å². The van der Waals surface area contributed by atoms with E-state index in [4.69, 9.17) is 9.47 Å². The minimum Gasteiger partial charge on any atom is -0.462 e. The maximum Gasteiger partial charge on any atom is 0.341 e. The normalized spacial score (nSPS) is 10.3. The first-order valence-corrected chi connectivity index (χ1v) is 11.0. The van der Waals surface area contributed by atoms with Gasteiger partial charge in [-0.2, -0.15) is 0 Å². The van der Waals surface area contributed by atoms with Crippen LogP contribution in [0.1, 0.15) is 27.6 Å². The number of thiophene rings is 1. The van der Waals surface area contributed by atoms with Crippen LogP contribution in [-0.2, 0) is 14.3 Å². The van der Waals surface area contributed by atoms with Crippen LogP contribution in [0, 0.1) is 3.57 Å². The predicted octanol–water partition coefficient (Wildman–Crippen LogP) is 4.99. The molecular weight excluding hydrogens is 517 g/mol. The second-order valence-corrected chi connectivity index (χ2v) is 8.20. The molecule has 154 valence electrons. The molecule has 1 heterocycles. The third-order valence-electron chi connectivity index (χ3n) is 4.02. The summed E-state index contributed by atoms with van der Waals surface area (Å²) in [5.41, 5.74) is 2.15. The molecule has 0 aliphatic heterocycles. The highest BCUT2D eigenvalue weighted by Crippen LogP contribution is 2.36. The van der Waals surface area contributed by atoms with Crippen LogP contribution in [0.2, 0.25) is 0 Å². The summed E-state index contributed by atoms with van der Waals surface area (Å²) in [5, 5.41) is 4.79. The van der Waals surface area contributed by atoms with E-state index in [-0.39, 0.29) is 12.2 Å². The molecule has 0 atom stereocenters. The van der Waals surface area contributed by atoms with Crippen molar-refractivity contribution < 1.29 is 23.9 Å². The van der Waals surface area contributed by atoms with Gasteiger partial charge in [-0.25, -0.2) is 9.59 Å². The van der Waals surface area contributed by atoms with Crippen LogP contribution in [0.25, 0.3) is 11.1 Å². The zero-order valence-corrected chi connectivity index (χ0v) is 19.0. The quantitative estimate of drug-likeness (QED) is 0.341. The molecular formula is C22H18INO5S. The molecule has 1 aromatic heterocycles. The topological polar surface area (TPSA) is 81.7 Å². The van der Waals surface area contributed by atoms with Gasteiger partial charge in [-0.15, -0.1) is 11.3 Å². The van der Waals surface area contributed by atoms with Crippen LogP contribution in [0.4, 0.5) is 5.00 Å². The third kappa shape index (κ3) is 5.45. The summed E-state index contributed by atoms with van der Waals surface area (Å²) >= 11 is 3.34. The number of hydrogen-bond acceptors (Lipinski definition) is 6. The average molecular weight is 535 g/mol. The van der Waals surface area contributed by atoms with E-state index >= 15 is 0 Å². The Morgan fingerprint density at radius 1 is 0.967 bits per heavy atom. The molecule has 0 bridgehead atoms. The molecule has 30 heavy (non-hydrogen) atoms. The zero-order chi connectivity index (χ0) is 21.5. The fourth-order valence-corrected chi connectivity index (χ4v) is 3.98. The molecule has 0 aliphatic rings. The van der Waals surface area contributed by atoms with E-state index < -0.39 is 24.5 Å². The minimum atomic E-state index is -0.594. The molecule has 1 N–H and O–H groups in total. The highest BCUT2D eigenvalue weighted by molar-refractivity contribution is 14.1. The third-order valence-corrected chi connectivity index (χ3v) is 5.64. The summed E-state index contributed by atoms with van der Waals surface area (Å²) < 4.78 is 11.2. The minimum absolute atomic E-state index is 0.212. The SMILES string of the molecule is CCOC(=O)c1c(-c2ccccc2)csc1NC(=O)COC(=O)c1ccc(I)cc1. The first-order chi connectivity index (χ1) is 14.5. The standard InChI is InChI=1S/C22H18INO5S/c1-2-28-22(27)19-17(14-6-4-3-5-7-14)13-30-20(19)24-18(25)12-29-21(26)15-8-10-16(23)11-9-15/h3-11,13H,2,12H2,1H3,(H,24,25). The zero-order valence-electron chi connectivity index (χ0n) is 16.0. The number of carbonyl (C=O) groups is 3. The van der Waals surface area contributed by atoms with Crippen molar-refractivity contribution in [3.05, 3.63) is 74.7 Å². The van der Waals surface area contributed by atoms with Crippen molar-refractivity contribution >= 4 is 56.8 Å². The number of benzene rings is 2. The van der Waals surface area contributed by atoms with Crippen LogP contribution in [0.5, 0.6) is 0 Å². The molecule has 0 fully saturated rings. The predicted molar refractivity (Wildman–Crippen MR) is 124 cm³/mol. The molecule has 0 aliphatic carbocycles. The number of amides is 1. The lowest BCUT2D eigenvalue weighted by molar-refractivity contribution is -0.119. The fraction of sp³-hybridized carbons (Fsp3) is 0.136. The lowest BCUT2D eigenvalue weighted by Crippen LogP contribution is -2.21. The summed E-state index contributed by atoms with van der Waals surface area (Å²) in [6.45, 7) is 1.46. The van der Waals surface area contributed by atoms with E-state index in [2.05, 4.69) is 27.9 Å². The molecule has 0 radical (unpaired) electrons. The van der Waals surface area contributed by atoms with Crippen molar-refractivity contribution in [3.63, 3.8) is 0 Å². The Hall–Kier alpha value is -2.72. The number of ether oxygens (including phenoxy) is 2. The number of hydrogen-bond donors (Lipinski definition) is 1. The van der Waals surface area contributed by atoms with Gasteiger partial charge in [0.2, 0.25) is 0 Å². The van der Waals surface area contributed by atoms with Gasteiger partial charge in [-0.1, -0.05) is 30.3 Å². The van der Waals surface area contributed by atoms with Crippen LogP contribution in [-0.4, -0.2) is 31.1 Å². The van der Waals surface area contributed by atoms with Gasteiger partial charge in [0, 0.05) is 14.5 Å². The summed E-state index contributed by atoms with van der Waals surface area (Å²) in [6, 6.07) is 16.2. The van der Waals surface area contributed by atoms with Gasteiger partial charge in [0.15, 0.2) is 6.61 Å². The Morgan fingerprint density at radius 2 is 1.67 bits per heavy atom. The lowest BCUT2D eigenvalue weighted by atomic mass is 10.0. The second kappa shape index (κ2) is 10.4. The summed E-state index contributed by atoms with van der Waals surface area (Å²) in [7, 11) is 0. The summed E-state index contributed by atoms with van der Waals surface area (Å²) in [4.78, 5) is 37.0. The van der Waals surface area contributed by atoms with Crippen molar-refractivity contribution in [2.75, 3.05) is 18.5 Å². The first kappa shape index (κ1) is 22.0. The van der Waals surface area contributed by atoms with Crippen molar-refractivity contribution in [1.82, 2.24) is 0 Å². The first-order valence-electron chi connectivity index (χ1n) is 9.06. The number of halogens is 1. The number of anilines is 1. The van der Waals surface area contributed by atoms with Crippen LogP contribution in [0.15, 0.2) is 60.0 Å². The molecule has 8 heteroatoms. The van der Waals surface area contributed by atoms with Crippen molar-refractivity contribution in [2.24, 2.45) is 0 Å². The van der Waals surface area contributed by atoms with E-state index in [0.717, 1.165) is 9.13 Å². The second-order valence-electron chi connectivity index (χ2n) is 6.07. The van der Waals surface area contributed by atoms with Crippen LogP contribution >= 0.6 is 33.9 Å². The maximum absolute atomic E-state index is 12.5. The highest BCUT2D eigenvalue weighted by Gasteiger charge is 2.23. The van der Waals surface area contributed by atoms with Crippen molar-refractivity contribution in [1.29, 1.82) is 0 Å². The lowest BCUT2D eigenvalue weighted by Gasteiger charge is -2.09. The summed E-state index contributed by atoms with van der Waals surface area (Å²) in [5.74, 6) is -1.66. The number of carbonyl (C=O) groups excluding carboxylic acids is 3. The molecule has 1 amide bonds. The largest absolute Gasteiger partial charge is 0.462 e. The van der Waals surface area contributed by atoms with Gasteiger partial charge in [0.05, 0.1) is 12.2 Å². The molecule has 6 nitrogen and oxygen atoms in total. The Bertz CT molecular complexity index is 1050. The van der Waals surface area contributed by atoms with Gasteiger partial charge < -0.3 is 14.8 Å². The summed E-state index contributed by atoms with van der Waals surface area (Å²) in [6.07, 6.45) is 0. The molecule has 0 spiro atoms. The monoisotopic (exact) mass is 535 g/mol. The molecule has 0 saturated carbocycles. The molecule has 3 aromatic rings. The number of rotatable bonds is 7. The fourth-order valence-electron chi connectivity index (χ4n) is 2.65. The Balaban J connectivity index is 1.73. The van der Waals surface area contributed by atoms with Gasteiger partial charge in [0.25, 0.3) is 5.91 Å². The number of esters is 2. The number of nitrogens with one attached hydrogen (secondary N) is 1. The van der Waals surface area contributed by atoms with E-state index in [1.54, 1.807) is 36.6 Å². The van der Waals surface area contributed by atoms with Gasteiger partial charge in [-0.05, 0) is 59.3 Å². The van der Waals surface area contributed by atoms with Crippen molar-refractivity contribution in [2.45, 2.75) is 6.92 Å². The molecule has 0 saturated heterocycles. The Kier molecular flexibility index (Phi) is 7.58. The maximum atomic E-state index is 12.5. The Morgan fingerprint density at radius 3 is 2.33 bits per heavy atom. The molecule has 3 rings (SSSR count). The molecule has 2 aromatic carbocycles. The van der Waals surface area contributed by atoms with E-state index in [9.17, 15) is 14.4 Å². The van der Waals surface area contributed by atoms with E-state index in [0.29, 0.717) is 16.1 Å². The Labute approximate surface area is 191 Å². The van der Waals surface area contributed by atoms with Crippen LogP contribution < -0.4 is 5.32 Å². The van der Waals surface area contributed by atoms with E-state index in [1.165, 1.54) is 11.3 Å².